The fourth-order valence-electron chi connectivity index (χ4n) is 2.41. The second-order valence-corrected chi connectivity index (χ2v) is 7.59. The van der Waals surface area contributed by atoms with Gasteiger partial charge in [0.05, 0.1) is 5.02 Å². The van der Waals surface area contributed by atoms with Crippen LogP contribution in [0.25, 0.3) is 11.4 Å². The van der Waals surface area contributed by atoms with E-state index < -0.39 is 0 Å². The number of Topliss-reactive ketones (excluding diaryl/α,β-unsaturated/α-hetero) is 1. The molecule has 0 fully saturated rings. The van der Waals surface area contributed by atoms with Gasteiger partial charge in [-0.3, -0.25) is 4.79 Å². The van der Waals surface area contributed by atoms with Crippen LogP contribution in [0.4, 0.5) is 4.39 Å². The Balaban J connectivity index is 1.57. The number of nitrogens with two attached hydrogens (primary N) is 1. The smallest absolute Gasteiger partial charge is 0.210 e. The second-order valence-electron chi connectivity index (χ2n) is 5.68. The Hall–Kier alpha value is -2.09. The largest absolute Gasteiger partial charge is 0.335 e. The molecule has 0 radical (unpaired) electrons. The van der Waals surface area contributed by atoms with Gasteiger partial charge in [0.15, 0.2) is 11.6 Å². The highest BCUT2D eigenvalue weighted by atomic mass is 35.5. The predicted octanol–water partition coefficient (Wildman–Crippen LogP) is 4.86. The summed E-state index contributed by atoms with van der Waals surface area (Å²) < 4.78 is 14.3. The van der Waals surface area contributed by atoms with Crippen molar-refractivity contribution in [2.75, 3.05) is 11.6 Å². The van der Waals surface area contributed by atoms with Gasteiger partial charge < -0.3 is 5.84 Å². The summed E-state index contributed by atoms with van der Waals surface area (Å²) in [5, 5.41) is 9.63. The van der Waals surface area contributed by atoms with Crippen molar-refractivity contribution in [3.63, 3.8) is 0 Å². The molecule has 3 aromatic rings. The fraction of sp³-hybridized carbons (Fsp3) is 0.167. The molecule has 0 aliphatic heterocycles. The summed E-state index contributed by atoms with van der Waals surface area (Å²) in [7, 11) is 0. The van der Waals surface area contributed by atoms with Gasteiger partial charge in [-0.2, -0.15) is 0 Å². The Labute approximate surface area is 169 Å². The van der Waals surface area contributed by atoms with Crippen LogP contribution in [0.15, 0.2) is 47.6 Å². The summed E-state index contributed by atoms with van der Waals surface area (Å²) >= 11 is 13.5. The highest BCUT2D eigenvalue weighted by molar-refractivity contribution is 7.99. The highest BCUT2D eigenvalue weighted by Crippen LogP contribution is 2.30. The quantitative estimate of drug-likeness (QED) is 0.253. The number of hydrogen-bond donors (Lipinski definition) is 1. The van der Waals surface area contributed by atoms with E-state index in [1.165, 1.54) is 40.7 Å². The number of hydrogen-bond acceptors (Lipinski definition) is 5. The van der Waals surface area contributed by atoms with Crippen molar-refractivity contribution in [3.8, 4) is 11.4 Å². The fourth-order valence-corrected chi connectivity index (χ4v) is 3.69. The monoisotopic (exact) mass is 424 g/mol. The summed E-state index contributed by atoms with van der Waals surface area (Å²) in [6.07, 6.45) is 0.984. The SMILES string of the molecule is Nn1c(SCCCC(=O)c2ccc(F)cc2)nnc1-c1ccc(Cl)cc1Cl. The molecule has 0 saturated heterocycles. The third kappa shape index (κ3) is 4.80. The molecule has 1 aromatic heterocycles. The van der Waals surface area contributed by atoms with E-state index in [1.807, 2.05) is 0 Å². The van der Waals surface area contributed by atoms with Crippen LogP contribution in [0.3, 0.4) is 0 Å². The lowest BCUT2D eigenvalue weighted by Gasteiger charge is -2.06. The van der Waals surface area contributed by atoms with Crippen LogP contribution < -0.4 is 5.84 Å². The number of benzene rings is 2. The van der Waals surface area contributed by atoms with Crippen molar-refractivity contribution < 1.29 is 9.18 Å². The molecule has 2 N–H and O–H groups in total. The molecule has 3 rings (SSSR count). The minimum absolute atomic E-state index is 0.0292. The zero-order valence-electron chi connectivity index (χ0n) is 14.0. The first-order valence-electron chi connectivity index (χ1n) is 8.03. The zero-order valence-corrected chi connectivity index (χ0v) is 16.4. The van der Waals surface area contributed by atoms with Crippen LogP contribution >= 0.6 is 35.0 Å². The molecule has 9 heteroatoms. The Kier molecular flexibility index (Phi) is 6.36. The van der Waals surface area contributed by atoms with E-state index in [0.717, 1.165) is 0 Å². The Morgan fingerprint density at radius 3 is 2.59 bits per heavy atom. The standard InChI is InChI=1S/C18H15Cl2FN4OS/c19-12-5-8-14(15(20)10-12)17-23-24-18(25(17)22)27-9-1-2-16(26)11-3-6-13(21)7-4-11/h3-8,10H,1-2,9,22H2. The molecule has 1 heterocycles. The highest BCUT2D eigenvalue weighted by Gasteiger charge is 2.15. The first kappa shape index (κ1) is 19.7. The van der Waals surface area contributed by atoms with Crippen LogP contribution in [-0.4, -0.2) is 26.4 Å². The number of halogens is 3. The van der Waals surface area contributed by atoms with Gasteiger partial charge in [0.1, 0.15) is 5.82 Å². The number of aromatic nitrogens is 3. The van der Waals surface area contributed by atoms with E-state index in [-0.39, 0.29) is 11.6 Å². The molecule has 2 aromatic carbocycles. The van der Waals surface area contributed by atoms with E-state index in [2.05, 4.69) is 10.2 Å². The van der Waals surface area contributed by atoms with Crippen molar-refractivity contribution in [3.05, 3.63) is 63.9 Å². The Morgan fingerprint density at radius 2 is 1.89 bits per heavy atom. The van der Waals surface area contributed by atoms with Gasteiger partial charge in [-0.15, -0.1) is 10.2 Å². The number of thioether (sulfide) groups is 1. The molecular weight excluding hydrogens is 410 g/mol. The van der Waals surface area contributed by atoms with Crippen molar-refractivity contribution in [2.24, 2.45) is 0 Å². The third-order valence-electron chi connectivity index (χ3n) is 3.78. The first-order valence-corrected chi connectivity index (χ1v) is 9.77. The molecule has 0 amide bonds. The van der Waals surface area contributed by atoms with Crippen LogP contribution in [0.5, 0.6) is 0 Å². The molecule has 0 saturated carbocycles. The van der Waals surface area contributed by atoms with Crippen molar-refractivity contribution in [1.29, 1.82) is 0 Å². The molecule has 0 atom stereocenters. The van der Waals surface area contributed by atoms with Crippen LogP contribution in [0.2, 0.25) is 10.0 Å². The van der Waals surface area contributed by atoms with Crippen LogP contribution in [-0.2, 0) is 0 Å². The average molecular weight is 425 g/mol. The molecule has 0 unspecified atom stereocenters. The topological polar surface area (TPSA) is 73.8 Å². The van der Waals surface area contributed by atoms with Gasteiger partial charge in [-0.1, -0.05) is 35.0 Å². The van der Waals surface area contributed by atoms with E-state index in [0.29, 0.717) is 50.7 Å². The number of ketones is 1. The lowest BCUT2D eigenvalue weighted by molar-refractivity contribution is 0.0982. The van der Waals surface area contributed by atoms with Crippen LogP contribution in [0.1, 0.15) is 23.2 Å². The number of carbonyl (C=O) groups is 1. The molecule has 0 bridgehead atoms. The van der Waals surface area contributed by atoms with Crippen molar-refractivity contribution >= 4 is 40.7 Å². The third-order valence-corrected chi connectivity index (χ3v) is 5.36. The molecule has 0 aliphatic carbocycles. The van der Waals surface area contributed by atoms with Gasteiger partial charge in [0.2, 0.25) is 5.16 Å². The van der Waals surface area contributed by atoms with Gasteiger partial charge in [0.25, 0.3) is 0 Å². The molecule has 27 heavy (non-hydrogen) atoms. The molecule has 5 nitrogen and oxygen atoms in total. The Bertz CT molecular complexity index is 962. The minimum atomic E-state index is -0.360. The van der Waals surface area contributed by atoms with Gasteiger partial charge >= 0.3 is 0 Å². The maximum absolute atomic E-state index is 12.9. The van der Waals surface area contributed by atoms with E-state index in [4.69, 9.17) is 29.0 Å². The minimum Gasteiger partial charge on any atom is -0.335 e. The second kappa shape index (κ2) is 8.73. The molecule has 140 valence electrons. The lowest BCUT2D eigenvalue weighted by Crippen LogP contribution is -2.12. The summed E-state index contributed by atoms with van der Waals surface area (Å²) in [5.41, 5.74) is 1.14. The first-order chi connectivity index (χ1) is 13.0. The number of rotatable bonds is 7. The van der Waals surface area contributed by atoms with Crippen molar-refractivity contribution in [2.45, 2.75) is 18.0 Å². The summed E-state index contributed by atoms with van der Waals surface area (Å²) in [4.78, 5) is 12.1. The van der Waals surface area contributed by atoms with E-state index in [1.54, 1.807) is 18.2 Å². The summed E-state index contributed by atoms with van der Waals surface area (Å²) in [6.45, 7) is 0. The Morgan fingerprint density at radius 1 is 1.15 bits per heavy atom. The molecule has 0 aliphatic rings. The van der Waals surface area contributed by atoms with Gasteiger partial charge in [-0.05, 0) is 48.9 Å². The maximum atomic E-state index is 12.9. The molecular formula is C18H15Cl2FN4OS. The summed E-state index contributed by atoms with van der Waals surface area (Å²) in [5.74, 6) is 6.74. The van der Waals surface area contributed by atoms with Crippen molar-refractivity contribution in [1.82, 2.24) is 14.9 Å². The average Bonchev–Trinajstić information content (AvgIpc) is 3.00. The number of carbonyl (C=O) groups excluding carboxylic acids is 1. The van der Waals surface area contributed by atoms with Gasteiger partial charge in [0, 0.05) is 28.3 Å². The summed E-state index contributed by atoms with van der Waals surface area (Å²) in [6, 6.07) is 10.6. The van der Waals surface area contributed by atoms with E-state index >= 15 is 0 Å². The van der Waals surface area contributed by atoms with E-state index in [9.17, 15) is 9.18 Å². The lowest BCUT2D eigenvalue weighted by atomic mass is 10.1. The number of nitrogen functional groups attached to an aromatic ring is 1. The zero-order chi connectivity index (χ0) is 19.4. The maximum Gasteiger partial charge on any atom is 0.210 e. The molecule has 0 spiro atoms. The van der Waals surface area contributed by atoms with Crippen LogP contribution in [0, 0.1) is 5.82 Å². The normalized spacial score (nSPS) is 10.9. The number of nitrogens with zero attached hydrogens (tertiary/aromatic N) is 3. The predicted molar refractivity (Wildman–Crippen MR) is 106 cm³/mol. The van der Waals surface area contributed by atoms with Gasteiger partial charge in [-0.25, -0.2) is 9.07 Å².